The number of aliphatic imine (C=N–C) groups is 1. The first kappa shape index (κ1) is 39.4. The molecular weight excluding hydrogens is 664 g/mol. The zero-order valence-electron chi connectivity index (χ0n) is 31.5. The molecule has 3 aromatic carbocycles. The van der Waals surface area contributed by atoms with Gasteiger partial charge in [0.1, 0.15) is 11.4 Å². The number of non-ortho nitro benzene ring substituents is 1. The van der Waals surface area contributed by atoms with Crippen LogP contribution in [0.2, 0.25) is 0 Å². The summed E-state index contributed by atoms with van der Waals surface area (Å²) in [7, 11) is 0. The van der Waals surface area contributed by atoms with Crippen LogP contribution < -0.4 is 0 Å². The highest BCUT2D eigenvalue weighted by Gasteiger charge is 2.43. The highest BCUT2D eigenvalue weighted by Crippen LogP contribution is 2.44. The van der Waals surface area contributed by atoms with Crippen molar-refractivity contribution < 1.29 is 15.1 Å². The molecule has 0 aromatic heterocycles. The molecule has 0 aliphatic rings. The van der Waals surface area contributed by atoms with E-state index in [4.69, 9.17) is 4.99 Å². The maximum absolute atomic E-state index is 13.7. The molecule has 262 valence electrons. The van der Waals surface area contributed by atoms with Gasteiger partial charge in [0.25, 0.3) is 5.69 Å². The van der Waals surface area contributed by atoms with Gasteiger partial charge in [-0.25, -0.2) is 0 Å². The molecule has 0 amide bonds. The SMILES string of the molecule is CC(C)CC(N=Cc1cc([N+](=O)[O-])cc(Br)c1O)C(O)(c1cc(C(C)(C)C)cc(C(C)(C)C)c1)c1cc(C(C)(C)C)cc(C(C)(C)C)c1. The van der Waals surface area contributed by atoms with Crippen LogP contribution in [-0.2, 0) is 27.3 Å². The summed E-state index contributed by atoms with van der Waals surface area (Å²) in [6, 6.07) is 14.9. The number of nitro groups is 1. The summed E-state index contributed by atoms with van der Waals surface area (Å²) in [5.41, 5.74) is 3.58. The number of nitro benzene ring substituents is 1. The van der Waals surface area contributed by atoms with Gasteiger partial charge < -0.3 is 10.2 Å². The lowest BCUT2D eigenvalue weighted by Crippen LogP contribution is -2.42. The Kier molecular flexibility index (Phi) is 11.3. The third-order valence-corrected chi connectivity index (χ3v) is 9.67. The van der Waals surface area contributed by atoms with E-state index in [9.17, 15) is 20.3 Å². The normalized spacial score (nSPS) is 14.2. The molecule has 0 bridgehead atoms. The second-order valence-corrected chi connectivity index (χ2v) is 18.8. The summed E-state index contributed by atoms with van der Waals surface area (Å²) in [5, 5.41) is 36.3. The molecule has 0 fully saturated rings. The van der Waals surface area contributed by atoms with Crippen LogP contribution in [0, 0.1) is 16.0 Å². The number of aliphatic hydroxyl groups is 1. The molecule has 6 nitrogen and oxygen atoms in total. The second-order valence-electron chi connectivity index (χ2n) is 17.9. The Bertz CT molecular complexity index is 1540. The van der Waals surface area contributed by atoms with Gasteiger partial charge in [-0.1, -0.05) is 133 Å². The van der Waals surface area contributed by atoms with Crippen molar-refractivity contribution in [2.45, 2.75) is 137 Å². The minimum atomic E-state index is -1.60. The predicted octanol–water partition coefficient (Wildman–Crippen LogP) is 11.0. The number of halogens is 1. The van der Waals surface area contributed by atoms with Crippen molar-refractivity contribution >= 4 is 27.8 Å². The lowest BCUT2D eigenvalue weighted by molar-refractivity contribution is -0.385. The van der Waals surface area contributed by atoms with Crippen LogP contribution in [0.3, 0.4) is 0 Å². The van der Waals surface area contributed by atoms with Crippen LogP contribution in [0.1, 0.15) is 142 Å². The van der Waals surface area contributed by atoms with Crippen LogP contribution >= 0.6 is 15.9 Å². The molecule has 0 heterocycles. The Morgan fingerprint density at radius 2 is 1.06 bits per heavy atom. The molecule has 48 heavy (non-hydrogen) atoms. The topological polar surface area (TPSA) is 96.0 Å². The van der Waals surface area contributed by atoms with Crippen molar-refractivity contribution in [3.8, 4) is 5.75 Å². The number of hydrogen-bond acceptors (Lipinski definition) is 5. The summed E-state index contributed by atoms with van der Waals surface area (Å²) in [5.74, 6) is -0.00410. The highest BCUT2D eigenvalue weighted by atomic mass is 79.9. The zero-order valence-corrected chi connectivity index (χ0v) is 33.1. The standard InChI is InChI=1S/C41H57BrN2O4/c1-25(2)15-35(43-24-26-16-33(44(47)48)23-34(42)36(26)45)41(46,31-19-27(37(3,4)5)17-28(20-31)38(6,7)8)32-21-29(39(9,10)11)18-30(22-32)40(12,13)14/h16-25,35,45-46H,15H2,1-14H3. The van der Waals surface area contributed by atoms with Crippen molar-refractivity contribution in [2.75, 3.05) is 0 Å². The number of phenols is 1. The van der Waals surface area contributed by atoms with Crippen LogP contribution in [0.4, 0.5) is 5.69 Å². The van der Waals surface area contributed by atoms with E-state index >= 15 is 0 Å². The maximum Gasteiger partial charge on any atom is 0.271 e. The van der Waals surface area contributed by atoms with Crippen molar-refractivity contribution in [1.29, 1.82) is 0 Å². The van der Waals surface area contributed by atoms with Crippen molar-refractivity contribution in [1.82, 2.24) is 0 Å². The average molecular weight is 722 g/mol. The van der Waals surface area contributed by atoms with Gasteiger partial charge in [0.2, 0.25) is 0 Å². The number of benzene rings is 3. The fraction of sp³-hybridized carbons (Fsp3) is 0.537. The Hall–Kier alpha value is -3.03. The average Bonchev–Trinajstić information content (AvgIpc) is 2.94. The third-order valence-electron chi connectivity index (χ3n) is 9.07. The number of rotatable bonds is 8. The van der Waals surface area contributed by atoms with E-state index in [2.05, 4.69) is 149 Å². The number of aromatic hydroxyl groups is 1. The Labute approximate surface area is 297 Å². The maximum atomic E-state index is 13.7. The zero-order chi connectivity index (χ0) is 36.8. The van der Waals surface area contributed by atoms with Gasteiger partial charge in [0, 0.05) is 23.9 Å². The summed E-state index contributed by atoms with van der Waals surface area (Å²) < 4.78 is 0.203. The first-order chi connectivity index (χ1) is 21.6. The molecule has 0 radical (unpaired) electrons. The van der Waals surface area contributed by atoms with Gasteiger partial charge in [0.15, 0.2) is 0 Å². The van der Waals surface area contributed by atoms with Gasteiger partial charge in [-0.15, -0.1) is 0 Å². The molecule has 0 saturated heterocycles. The minimum absolute atomic E-state index is 0.143. The molecule has 0 spiro atoms. The molecule has 1 atom stereocenters. The van der Waals surface area contributed by atoms with Crippen molar-refractivity contribution in [3.63, 3.8) is 0 Å². The molecule has 3 rings (SSSR count). The molecule has 0 aliphatic heterocycles. The lowest BCUT2D eigenvalue weighted by atomic mass is 9.70. The molecule has 3 aromatic rings. The number of nitrogens with zero attached hydrogens (tertiary/aromatic N) is 2. The van der Waals surface area contributed by atoms with E-state index in [1.54, 1.807) is 0 Å². The quantitative estimate of drug-likeness (QED) is 0.137. The van der Waals surface area contributed by atoms with Crippen molar-refractivity contribution in [3.05, 3.63) is 102 Å². The Morgan fingerprint density at radius 1 is 0.708 bits per heavy atom. The van der Waals surface area contributed by atoms with Gasteiger partial charge >= 0.3 is 0 Å². The van der Waals surface area contributed by atoms with Gasteiger partial charge in [-0.3, -0.25) is 15.1 Å². The van der Waals surface area contributed by atoms with Crippen LogP contribution in [0.25, 0.3) is 0 Å². The number of phenolic OH excluding ortho intramolecular Hbond substituents is 1. The molecule has 1 unspecified atom stereocenters. The summed E-state index contributed by atoms with van der Waals surface area (Å²) >= 11 is 3.27. The molecule has 0 aliphatic carbocycles. The van der Waals surface area contributed by atoms with E-state index < -0.39 is 16.6 Å². The Balaban J connectivity index is 2.56. The summed E-state index contributed by atoms with van der Waals surface area (Å²) in [4.78, 5) is 16.3. The Morgan fingerprint density at radius 3 is 1.38 bits per heavy atom. The lowest BCUT2D eigenvalue weighted by Gasteiger charge is -2.39. The van der Waals surface area contributed by atoms with Crippen LogP contribution in [0.15, 0.2) is 58.0 Å². The highest BCUT2D eigenvalue weighted by molar-refractivity contribution is 9.10. The predicted molar refractivity (Wildman–Crippen MR) is 204 cm³/mol. The molecule has 0 saturated carbocycles. The van der Waals surface area contributed by atoms with Gasteiger partial charge in [0.05, 0.1) is 15.4 Å². The van der Waals surface area contributed by atoms with E-state index in [0.717, 1.165) is 33.4 Å². The summed E-state index contributed by atoms with van der Waals surface area (Å²) in [6.45, 7) is 30.4. The van der Waals surface area contributed by atoms with E-state index in [1.807, 2.05) is 0 Å². The van der Waals surface area contributed by atoms with E-state index in [1.165, 1.54) is 18.3 Å². The van der Waals surface area contributed by atoms with E-state index in [-0.39, 0.29) is 49.1 Å². The molecule has 7 heteroatoms. The largest absolute Gasteiger partial charge is 0.506 e. The summed E-state index contributed by atoms with van der Waals surface area (Å²) in [6.07, 6.45) is 1.99. The molecule has 2 N–H and O–H groups in total. The van der Waals surface area contributed by atoms with Gasteiger partial charge in [-0.05, 0) is 83.3 Å². The molecular formula is C41H57BrN2O4. The first-order valence-corrected chi connectivity index (χ1v) is 17.7. The minimum Gasteiger partial charge on any atom is -0.506 e. The monoisotopic (exact) mass is 720 g/mol. The number of hydrogen-bond donors (Lipinski definition) is 2. The van der Waals surface area contributed by atoms with E-state index in [0.29, 0.717) is 6.42 Å². The van der Waals surface area contributed by atoms with Crippen molar-refractivity contribution in [2.24, 2.45) is 10.9 Å². The second kappa shape index (κ2) is 13.7. The van der Waals surface area contributed by atoms with Crippen LogP contribution in [0.5, 0.6) is 5.75 Å². The van der Waals surface area contributed by atoms with Crippen LogP contribution in [-0.4, -0.2) is 27.4 Å². The fourth-order valence-corrected chi connectivity index (χ4v) is 6.21. The fourth-order valence-electron chi connectivity index (χ4n) is 5.74. The third kappa shape index (κ3) is 8.95. The van der Waals surface area contributed by atoms with Gasteiger partial charge in [-0.2, -0.15) is 0 Å². The first-order valence-electron chi connectivity index (χ1n) is 16.9. The smallest absolute Gasteiger partial charge is 0.271 e.